The molecule has 4 heteroatoms. The minimum absolute atomic E-state index is 0.205. The average Bonchev–Trinajstić information content (AvgIpc) is 3.02. The molecule has 0 aliphatic carbocycles. The first kappa shape index (κ1) is 13.3. The Balaban J connectivity index is 1.71. The van der Waals surface area contributed by atoms with E-state index in [-0.39, 0.29) is 10.8 Å². The highest BCUT2D eigenvalue weighted by atomic mass is 35.5. The van der Waals surface area contributed by atoms with E-state index in [1.807, 2.05) is 13.1 Å². The smallest absolute Gasteiger partial charge is 0.141 e. The zero-order valence-corrected chi connectivity index (χ0v) is 11.8. The van der Waals surface area contributed by atoms with Gasteiger partial charge in [-0.2, -0.15) is 0 Å². The van der Waals surface area contributed by atoms with Gasteiger partial charge in [-0.25, -0.2) is 4.39 Å². The van der Waals surface area contributed by atoms with Gasteiger partial charge in [0.1, 0.15) is 5.82 Å². The highest BCUT2D eigenvalue weighted by Gasteiger charge is 2.43. The van der Waals surface area contributed by atoms with Crippen LogP contribution in [0.1, 0.15) is 24.8 Å². The standard InChI is InChI=1S/C15H19ClFNO/c1-18-14(11-8-10-3-5-15(11)19-10)7-9-2-4-13(17)12(16)6-9/h2,4,6,10-11,14-15,18H,3,5,7-8H2,1H3. The van der Waals surface area contributed by atoms with Crippen molar-refractivity contribution >= 4 is 11.6 Å². The van der Waals surface area contributed by atoms with E-state index in [9.17, 15) is 4.39 Å². The van der Waals surface area contributed by atoms with Crippen molar-refractivity contribution in [1.82, 2.24) is 5.32 Å². The quantitative estimate of drug-likeness (QED) is 0.916. The summed E-state index contributed by atoms with van der Waals surface area (Å²) in [6, 6.07) is 5.37. The molecule has 2 aliphatic heterocycles. The van der Waals surface area contributed by atoms with E-state index < -0.39 is 0 Å². The van der Waals surface area contributed by atoms with Gasteiger partial charge in [0.15, 0.2) is 0 Å². The fourth-order valence-electron chi connectivity index (χ4n) is 3.49. The fourth-order valence-corrected chi connectivity index (χ4v) is 3.69. The molecule has 1 aromatic carbocycles. The maximum Gasteiger partial charge on any atom is 0.141 e. The minimum atomic E-state index is -0.352. The molecule has 0 saturated carbocycles. The van der Waals surface area contributed by atoms with Crippen LogP contribution in [0.3, 0.4) is 0 Å². The minimum Gasteiger partial charge on any atom is -0.375 e. The SMILES string of the molecule is CNC(Cc1ccc(F)c(Cl)c1)C1CC2CCC1O2. The summed E-state index contributed by atoms with van der Waals surface area (Å²) >= 11 is 5.84. The average molecular weight is 284 g/mol. The maximum absolute atomic E-state index is 13.2. The number of rotatable bonds is 4. The first-order valence-corrected chi connectivity index (χ1v) is 7.32. The summed E-state index contributed by atoms with van der Waals surface area (Å²) in [5.74, 6) is 0.210. The van der Waals surface area contributed by atoms with Gasteiger partial charge in [-0.05, 0) is 50.4 Å². The van der Waals surface area contributed by atoms with E-state index in [1.165, 1.54) is 18.9 Å². The summed E-state index contributed by atoms with van der Waals surface area (Å²) in [6.45, 7) is 0. The van der Waals surface area contributed by atoms with E-state index in [0.717, 1.165) is 18.4 Å². The molecule has 2 aliphatic rings. The molecule has 0 amide bonds. The van der Waals surface area contributed by atoms with Gasteiger partial charge in [-0.15, -0.1) is 0 Å². The van der Waals surface area contributed by atoms with Crippen molar-refractivity contribution in [3.05, 3.63) is 34.6 Å². The molecule has 4 unspecified atom stereocenters. The van der Waals surface area contributed by atoms with E-state index in [2.05, 4.69) is 5.32 Å². The largest absolute Gasteiger partial charge is 0.375 e. The summed E-state index contributed by atoms with van der Waals surface area (Å²) in [7, 11) is 1.99. The van der Waals surface area contributed by atoms with Crippen LogP contribution in [0.4, 0.5) is 4.39 Å². The number of benzene rings is 1. The molecule has 3 rings (SSSR count). The van der Waals surface area contributed by atoms with Crippen LogP contribution in [0.2, 0.25) is 5.02 Å². The van der Waals surface area contributed by atoms with Crippen LogP contribution in [0.5, 0.6) is 0 Å². The molecule has 2 fully saturated rings. The molecule has 0 spiro atoms. The lowest BCUT2D eigenvalue weighted by Gasteiger charge is -2.28. The van der Waals surface area contributed by atoms with Crippen molar-refractivity contribution in [2.24, 2.45) is 5.92 Å². The molecule has 1 aromatic rings. The van der Waals surface area contributed by atoms with Gasteiger partial charge in [0.05, 0.1) is 17.2 Å². The lowest BCUT2D eigenvalue weighted by atomic mass is 9.81. The Bertz CT molecular complexity index is 467. The van der Waals surface area contributed by atoms with Gasteiger partial charge < -0.3 is 10.1 Å². The summed E-state index contributed by atoms with van der Waals surface area (Å²) in [5.41, 5.74) is 1.08. The second-order valence-corrected chi connectivity index (χ2v) is 6.03. The third kappa shape index (κ3) is 2.64. The second kappa shape index (κ2) is 5.39. The van der Waals surface area contributed by atoms with Gasteiger partial charge in [0, 0.05) is 12.0 Å². The first-order valence-electron chi connectivity index (χ1n) is 6.94. The van der Waals surface area contributed by atoms with E-state index in [4.69, 9.17) is 16.3 Å². The zero-order chi connectivity index (χ0) is 13.4. The van der Waals surface area contributed by atoms with Gasteiger partial charge >= 0.3 is 0 Å². The van der Waals surface area contributed by atoms with Gasteiger partial charge in [-0.3, -0.25) is 0 Å². The molecule has 0 radical (unpaired) electrons. The Hall–Kier alpha value is -0.640. The van der Waals surface area contributed by atoms with Crippen molar-refractivity contribution in [3.63, 3.8) is 0 Å². The van der Waals surface area contributed by atoms with Crippen molar-refractivity contribution in [1.29, 1.82) is 0 Å². The summed E-state index contributed by atoms with van der Waals surface area (Å²) in [6.07, 6.45) is 5.26. The molecule has 2 nitrogen and oxygen atoms in total. The van der Waals surface area contributed by atoms with Crippen LogP contribution in [0.15, 0.2) is 18.2 Å². The predicted molar refractivity (Wildman–Crippen MR) is 74.0 cm³/mol. The summed E-state index contributed by atoms with van der Waals surface area (Å²) in [4.78, 5) is 0. The Morgan fingerprint density at radius 1 is 1.47 bits per heavy atom. The molecule has 19 heavy (non-hydrogen) atoms. The molecule has 4 atom stereocenters. The number of halogens is 2. The molecular formula is C15H19ClFNO. The topological polar surface area (TPSA) is 21.3 Å². The Labute approximate surface area is 118 Å². The van der Waals surface area contributed by atoms with Crippen LogP contribution in [0, 0.1) is 11.7 Å². The highest BCUT2D eigenvalue weighted by Crippen LogP contribution is 2.41. The molecule has 1 N–H and O–H groups in total. The van der Waals surface area contributed by atoms with Gasteiger partial charge in [0.2, 0.25) is 0 Å². The Morgan fingerprint density at radius 3 is 2.89 bits per heavy atom. The van der Waals surface area contributed by atoms with Gasteiger partial charge in [-0.1, -0.05) is 17.7 Å². The van der Waals surface area contributed by atoms with E-state index in [0.29, 0.717) is 24.2 Å². The molecular weight excluding hydrogens is 265 g/mol. The number of hydrogen-bond acceptors (Lipinski definition) is 2. The van der Waals surface area contributed by atoms with Crippen LogP contribution < -0.4 is 5.32 Å². The monoisotopic (exact) mass is 283 g/mol. The normalized spacial score (nSPS) is 30.8. The maximum atomic E-state index is 13.2. The first-order chi connectivity index (χ1) is 9.17. The molecule has 2 heterocycles. The molecule has 2 saturated heterocycles. The molecule has 104 valence electrons. The summed E-state index contributed by atoms with van der Waals surface area (Å²) < 4.78 is 19.1. The van der Waals surface area contributed by atoms with Crippen molar-refractivity contribution in [2.45, 2.75) is 43.9 Å². The van der Waals surface area contributed by atoms with E-state index in [1.54, 1.807) is 6.07 Å². The fraction of sp³-hybridized carbons (Fsp3) is 0.600. The Kier molecular flexibility index (Phi) is 3.79. The van der Waals surface area contributed by atoms with Crippen molar-refractivity contribution < 1.29 is 9.13 Å². The Morgan fingerprint density at radius 2 is 2.32 bits per heavy atom. The van der Waals surface area contributed by atoms with Gasteiger partial charge in [0.25, 0.3) is 0 Å². The van der Waals surface area contributed by atoms with Crippen LogP contribution >= 0.6 is 11.6 Å². The number of likely N-dealkylation sites (N-methyl/N-ethyl adjacent to an activating group) is 1. The number of nitrogens with one attached hydrogen (secondary N) is 1. The second-order valence-electron chi connectivity index (χ2n) is 5.62. The predicted octanol–water partition coefficient (Wildman–Crippen LogP) is 3.18. The third-order valence-electron chi connectivity index (χ3n) is 4.48. The molecule has 2 bridgehead atoms. The zero-order valence-electron chi connectivity index (χ0n) is 11.0. The van der Waals surface area contributed by atoms with Crippen molar-refractivity contribution in [3.8, 4) is 0 Å². The van der Waals surface area contributed by atoms with Crippen LogP contribution in [-0.4, -0.2) is 25.3 Å². The third-order valence-corrected chi connectivity index (χ3v) is 4.77. The van der Waals surface area contributed by atoms with Crippen LogP contribution in [0.25, 0.3) is 0 Å². The lowest BCUT2D eigenvalue weighted by molar-refractivity contribution is 0.0863. The lowest BCUT2D eigenvalue weighted by Crippen LogP contribution is -2.40. The van der Waals surface area contributed by atoms with Crippen LogP contribution in [-0.2, 0) is 11.2 Å². The summed E-state index contributed by atoms with van der Waals surface area (Å²) in [5, 5.41) is 3.60. The molecule has 0 aromatic heterocycles. The number of hydrogen-bond donors (Lipinski definition) is 1. The number of fused-ring (bicyclic) bond motifs is 2. The number of ether oxygens (including phenoxy) is 1. The highest BCUT2D eigenvalue weighted by molar-refractivity contribution is 6.30. The van der Waals surface area contributed by atoms with Crippen molar-refractivity contribution in [2.75, 3.05) is 7.05 Å². The van der Waals surface area contributed by atoms with E-state index >= 15 is 0 Å².